The zero-order valence-corrected chi connectivity index (χ0v) is 15.0. The Morgan fingerprint density at radius 1 is 1.35 bits per heavy atom. The molecule has 0 bridgehead atoms. The summed E-state index contributed by atoms with van der Waals surface area (Å²) in [5.41, 5.74) is 1.71. The minimum atomic E-state index is -0.296. The molecule has 0 radical (unpaired) electrons. The zero-order valence-electron chi connectivity index (χ0n) is 15.0. The molecule has 1 aliphatic heterocycles. The van der Waals surface area contributed by atoms with E-state index in [1.807, 2.05) is 37.3 Å². The van der Waals surface area contributed by atoms with Gasteiger partial charge in [-0.3, -0.25) is 9.36 Å². The third-order valence-electron chi connectivity index (χ3n) is 4.31. The first-order chi connectivity index (χ1) is 12.6. The molecule has 2 aromatic rings. The summed E-state index contributed by atoms with van der Waals surface area (Å²) < 4.78 is 2.75. The van der Waals surface area contributed by atoms with Crippen molar-refractivity contribution < 1.29 is 9.63 Å². The number of nitrogens with zero attached hydrogens (tertiary/aromatic N) is 4. The Bertz CT molecular complexity index is 853. The Labute approximate surface area is 151 Å². The van der Waals surface area contributed by atoms with Crippen LogP contribution in [0.1, 0.15) is 31.2 Å². The predicted molar refractivity (Wildman–Crippen MR) is 97.0 cm³/mol. The van der Waals surface area contributed by atoms with Crippen LogP contribution in [0.25, 0.3) is 0 Å². The summed E-state index contributed by atoms with van der Waals surface area (Å²) in [5, 5.41) is 10.9. The van der Waals surface area contributed by atoms with Crippen molar-refractivity contribution in [3.8, 4) is 0 Å². The van der Waals surface area contributed by atoms with Crippen molar-refractivity contribution >= 4 is 11.6 Å². The van der Waals surface area contributed by atoms with Gasteiger partial charge < -0.3 is 10.2 Å². The summed E-state index contributed by atoms with van der Waals surface area (Å²) in [4.78, 5) is 29.9. The van der Waals surface area contributed by atoms with Crippen molar-refractivity contribution in [3.63, 3.8) is 0 Å². The van der Waals surface area contributed by atoms with E-state index in [2.05, 4.69) is 15.6 Å². The summed E-state index contributed by atoms with van der Waals surface area (Å²) in [6, 6.07) is 9.67. The highest BCUT2D eigenvalue weighted by molar-refractivity contribution is 5.85. The molecule has 0 unspecified atom stereocenters. The van der Waals surface area contributed by atoms with E-state index in [9.17, 15) is 9.59 Å². The van der Waals surface area contributed by atoms with Crippen molar-refractivity contribution in [1.82, 2.24) is 19.7 Å². The highest BCUT2D eigenvalue weighted by atomic mass is 16.6. The van der Waals surface area contributed by atoms with Crippen LogP contribution < -0.4 is 11.0 Å². The fourth-order valence-electron chi connectivity index (χ4n) is 2.82. The number of hydrogen-bond acceptors (Lipinski definition) is 5. The number of carbonyl (C=O) groups excluding carboxylic acids is 1. The maximum atomic E-state index is 12.5. The minimum Gasteiger partial charge on any atom is -0.390 e. The first-order valence-corrected chi connectivity index (χ1v) is 8.73. The molecular formula is C18H23N5O3. The lowest BCUT2D eigenvalue weighted by Crippen LogP contribution is -2.37. The fourth-order valence-corrected chi connectivity index (χ4v) is 2.82. The van der Waals surface area contributed by atoms with Gasteiger partial charge in [-0.25, -0.2) is 9.48 Å². The van der Waals surface area contributed by atoms with Gasteiger partial charge in [0.05, 0.1) is 18.8 Å². The van der Waals surface area contributed by atoms with E-state index in [-0.39, 0.29) is 24.2 Å². The Morgan fingerprint density at radius 2 is 2.12 bits per heavy atom. The van der Waals surface area contributed by atoms with Gasteiger partial charge in [-0.1, -0.05) is 42.4 Å². The summed E-state index contributed by atoms with van der Waals surface area (Å²) in [6.45, 7) is 4.46. The van der Waals surface area contributed by atoms with Crippen molar-refractivity contribution in [2.75, 3.05) is 6.54 Å². The van der Waals surface area contributed by atoms with Crippen molar-refractivity contribution in [2.24, 2.45) is 5.16 Å². The average Bonchev–Trinajstić information content (AvgIpc) is 3.21. The van der Waals surface area contributed by atoms with E-state index < -0.39 is 0 Å². The van der Waals surface area contributed by atoms with Gasteiger partial charge in [0, 0.05) is 6.42 Å². The number of amides is 1. The normalized spacial score (nSPS) is 16.2. The molecule has 1 amide bonds. The van der Waals surface area contributed by atoms with Crippen LogP contribution in [0.3, 0.4) is 0 Å². The molecule has 0 saturated heterocycles. The van der Waals surface area contributed by atoms with E-state index >= 15 is 0 Å². The molecule has 1 aromatic heterocycles. The third-order valence-corrected chi connectivity index (χ3v) is 4.31. The van der Waals surface area contributed by atoms with Crippen LogP contribution in [0.5, 0.6) is 0 Å². The first kappa shape index (κ1) is 17.9. The van der Waals surface area contributed by atoms with Crippen molar-refractivity contribution in [2.45, 2.75) is 45.9 Å². The van der Waals surface area contributed by atoms with Crippen LogP contribution in [0.2, 0.25) is 0 Å². The molecule has 26 heavy (non-hydrogen) atoms. The van der Waals surface area contributed by atoms with Crippen LogP contribution >= 0.6 is 0 Å². The second-order valence-corrected chi connectivity index (χ2v) is 6.31. The molecule has 2 heterocycles. The Balaban J connectivity index is 1.57. The van der Waals surface area contributed by atoms with Gasteiger partial charge in [0.1, 0.15) is 18.5 Å². The predicted octanol–water partition coefficient (Wildman–Crippen LogP) is 1.07. The van der Waals surface area contributed by atoms with Crippen LogP contribution in [-0.2, 0) is 22.7 Å². The van der Waals surface area contributed by atoms with Gasteiger partial charge in [0.15, 0.2) is 0 Å². The van der Waals surface area contributed by atoms with Crippen molar-refractivity contribution in [1.29, 1.82) is 0 Å². The summed E-state index contributed by atoms with van der Waals surface area (Å²) in [7, 11) is 0. The van der Waals surface area contributed by atoms with E-state index in [4.69, 9.17) is 4.84 Å². The molecule has 1 N–H and O–H groups in total. The largest absolute Gasteiger partial charge is 0.390 e. The minimum absolute atomic E-state index is 0.115. The van der Waals surface area contributed by atoms with Gasteiger partial charge in [0.25, 0.3) is 0 Å². The number of hydrogen-bond donors (Lipinski definition) is 1. The number of nitrogens with one attached hydrogen (secondary N) is 1. The quantitative estimate of drug-likeness (QED) is 0.803. The zero-order chi connectivity index (χ0) is 18.5. The summed E-state index contributed by atoms with van der Waals surface area (Å²) in [5.74, 6) is 0.303. The van der Waals surface area contributed by atoms with E-state index in [1.165, 1.54) is 4.68 Å². The van der Waals surface area contributed by atoms with Gasteiger partial charge in [-0.2, -0.15) is 5.10 Å². The molecule has 8 nitrogen and oxygen atoms in total. The van der Waals surface area contributed by atoms with Crippen molar-refractivity contribution in [3.05, 3.63) is 52.2 Å². The molecule has 3 rings (SSSR count). The molecule has 8 heteroatoms. The van der Waals surface area contributed by atoms with Crippen LogP contribution in [0, 0.1) is 6.92 Å². The first-order valence-electron chi connectivity index (χ1n) is 8.73. The van der Waals surface area contributed by atoms with Crippen LogP contribution in [-0.4, -0.2) is 38.6 Å². The monoisotopic (exact) mass is 357 g/mol. The maximum Gasteiger partial charge on any atom is 0.346 e. The van der Waals surface area contributed by atoms with Gasteiger partial charge in [-0.05, 0) is 18.9 Å². The highest BCUT2D eigenvalue weighted by Crippen LogP contribution is 2.11. The van der Waals surface area contributed by atoms with Gasteiger partial charge >= 0.3 is 5.69 Å². The lowest BCUT2D eigenvalue weighted by molar-refractivity contribution is -0.122. The Kier molecular flexibility index (Phi) is 5.50. The Hall–Kier alpha value is -2.90. The van der Waals surface area contributed by atoms with E-state index in [0.717, 1.165) is 24.1 Å². The Morgan fingerprint density at radius 3 is 2.81 bits per heavy atom. The average molecular weight is 357 g/mol. The number of benzene rings is 1. The number of aryl methyl sites for hydroxylation is 1. The second kappa shape index (κ2) is 7.99. The van der Waals surface area contributed by atoms with Crippen LogP contribution in [0.15, 0.2) is 40.3 Å². The smallest absolute Gasteiger partial charge is 0.346 e. The second-order valence-electron chi connectivity index (χ2n) is 6.31. The lowest BCUT2D eigenvalue weighted by Gasteiger charge is -2.09. The lowest BCUT2D eigenvalue weighted by atomic mass is 10.1. The van der Waals surface area contributed by atoms with Crippen LogP contribution in [0.4, 0.5) is 0 Å². The molecule has 1 aliphatic rings. The number of aromatic nitrogens is 3. The molecule has 0 spiro atoms. The molecule has 0 fully saturated rings. The third kappa shape index (κ3) is 4.19. The molecule has 1 atom stereocenters. The van der Waals surface area contributed by atoms with Gasteiger partial charge in [0.2, 0.25) is 5.91 Å². The van der Waals surface area contributed by atoms with E-state index in [1.54, 1.807) is 11.5 Å². The standard InChI is InChI=1S/C18H23N5O3/c1-3-15-9-16(26-21-15)10-19-17(24)12-23-18(25)22(13(2)20-23)11-14-7-5-4-6-8-14/h4-8,16H,3,9-12H2,1-2H3,(H,19,24)/t16-/m0/s1. The van der Waals surface area contributed by atoms with Gasteiger partial charge in [-0.15, -0.1) is 0 Å². The number of carbonyl (C=O) groups is 1. The number of oxime groups is 1. The molecular weight excluding hydrogens is 334 g/mol. The molecule has 1 aromatic carbocycles. The fraction of sp³-hybridized carbons (Fsp3) is 0.444. The number of rotatable bonds is 7. The SMILES string of the molecule is CCC1=NO[C@H](CNC(=O)Cn2nc(C)n(Cc3ccccc3)c2=O)C1. The topological polar surface area (TPSA) is 90.5 Å². The highest BCUT2D eigenvalue weighted by Gasteiger charge is 2.21. The molecule has 138 valence electrons. The summed E-state index contributed by atoms with van der Waals surface area (Å²) in [6.07, 6.45) is 1.43. The molecule has 0 aliphatic carbocycles. The molecule has 0 saturated carbocycles. The van der Waals surface area contributed by atoms with E-state index in [0.29, 0.717) is 18.9 Å². The maximum absolute atomic E-state index is 12.5. The summed E-state index contributed by atoms with van der Waals surface area (Å²) >= 11 is 0.